The SMILES string of the molecule is CC(C)C1=C(C(C)C)N(C(C)C)C(C)(C)N(C)C1=O. The Morgan fingerprint density at radius 1 is 0.947 bits per heavy atom. The Kier molecular flexibility index (Phi) is 4.38. The molecule has 19 heavy (non-hydrogen) atoms. The number of nitrogens with zero attached hydrogens (tertiary/aromatic N) is 2. The number of hydrogen-bond donors (Lipinski definition) is 0. The van der Waals surface area contributed by atoms with Crippen LogP contribution in [-0.2, 0) is 4.79 Å². The maximum atomic E-state index is 12.7. The number of hydrogen-bond acceptors (Lipinski definition) is 2. The first kappa shape index (κ1) is 16.1. The fraction of sp³-hybridized carbons (Fsp3) is 0.812. The van der Waals surface area contributed by atoms with E-state index < -0.39 is 0 Å². The van der Waals surface area contributed by atoms with Gasteiger partial charge in [-0.1, -0.05) is 27.7 Å². The van der Waals surface area contributed by atoms with Gasteiger partial charge in [0.1, 0.15) is 5.66 Å². The predicted octanol–water partition coefficient (Wildman–Crippen LogP) is 3.47. The number of allylic oxidation sites excluding steroid dienone is 1. The fourth-order valence-electron chi connectivity index (χ4n) is 3.17. The highest BCUT2D eigenvalue weighted by Crippen LogP contribution is 2.39. The lowest BCUT2D eigenvalue weighted by atomic mass is 9.87. The summed E-state index contributed by atoms with van der Waals surface area (Å²) in [5, 5.41) is 0. The summed E-state index contributed by atoms with van der Waals surface area (Å²) >= 11 is 0. The van der Waals surface area contributed by atoms with Gasteiger partial charge in [0.25, 0.3) is 5.91 Å². The topological polar surface area (TPSA) is 23.6 Å². The van der Waals surface area contributed by atoms with Crippen LogP contribution in [0.3, 0.4) is 0 Å². The number of likely N-dealkylation sites (N-methyl/N-ethyl adjacent to an activating group) is 1. The molecule has 0 radical (unpaired) electrons. The van der Waals surface area contributed by atoms with Crippen molar-refractivity contribution in [3.8, 4) is 0 Å². The average Bonchev–Trinajstić information content (AvgIpc) is 2.23. The second-order valence-corrected chi connectivity index (χ2v) is 6.93. The number of rotatable bonds is 3. The molecule has 110 valence electrons. The molecule has 1 aliphatic rings. The minimum absolute atomic E-state index is 0.181. The molecule has 0 N–H and O–H groups in total. The summed E-state index contributed by atoms with van der Waals surface area (Å²) in [5.74, 6) is 0.794. The van der Waals surface area contributed by atoms with Crippen LogP contribution in [0, 0.1) is 11.8 Å². The molecule has 0 spiro atoms. The predicted molar refractivity (Wildman–Crippen MR) is 80.5 cm³/mol. The van der Waals surface area contributed by atoms with Crippen molar-refractivity contribution in [2.75, 3.05) is 7.05 Å². The normalized spacial score (nSPS) is 20.3. The van der Waals surface area contributed by atoms with Gasteiger partial charge in [-0.3, -0.25) is 4.79 Å². The summed E-state index contributed by atoms with van der Waals surface area (Å²) in [4.78, 5) is 17.0. The summed E-state index contributed by atoms with van der Waals surface area (Å²) in [5.41, 5.74) is 1.92. The lowest BCUT2D eigenvalue weighted by Crippen LogP contribution is -2.63. The summed E-state index contributed by atoms with van der Waals surface area (Å²) in [7, 11) is 1.91. The fourth-order valence-corrected chi connectivity index (χ4v) is 3.17. The molecular weight excluding hydrogens is 236 g/mol. The van der Waals surface area contributed by atoms with Crippen LogP contribution in [0.15, 0.2) is 11.3 Å². The quantitative estimate of drug-likeness (QED) is 0.781. The summed E-state index contributed by atoms with van der Waals surface area (Å²) < 4.78 is 0. The highest BCUT2D eigenvalue weighted by Gasteiger charge is 2.45. The van der Waals surface area contributed by atoms with Crippen LogP contribution >= 0.6 is 0 Å². The van der Waals surface area contributed by atoms with Crippen molar-refractivity contribution >= 4 is 5.91 Å². The third kappa shape index (κ3) is 2.52. The zero-order valence-corrected chi connectivity index (χ0v) is 14.0. The van der Waals surface area contributed by atoms with Crippen LogP contribution in [0.1, 0.15) is 55.4 Å². The lowest BCUT2D eigenvalue weighted by Gasteiger charge is -2.55. The monoisotopic (exact) mass is 266 g/mol. The Labute approximate surface area is 118 Å². The molecule has 0 aliphatic carbocycles. The molecule has 0 bridgehead atoms. The molecule has 3 nitrogen and oxygen atoms in total. The maximum absolute atomic E-state index is 12.7. The van der Waals surface area contributed by atoms with E-state index in [1.807, 2.05) is 11.9 Å². The highest BCUT2D eigenvalue weighted by atomic mass is 16.2. The van der Waals surface area contributed by atoms with Crippen LogP contribution in [0.5, 0.6) is 0 Å². The molecule has 0 fully saturated rings. The Bertz CT molecular complexity index is 392. The van der Waals surface area contributed by atoms with Crippen LogP contribution < -0.4 is 0 Å². The Hall–Kier alpha value is -0.990. The Morgan fingerprint density at radius 3 is 1.74 bits per heavy atom. The first-order valence-corrected chi connectivity index (χ1v) is 7.35. The molecule has 0 aromatic carbocycles. The van der Waals surface area contributed by atoms with E-state index in [1.54, 1.807) is 0 Å². The molecule has 1 rings (SSSR count). The van der Waals surface area contributed by atoms with Gasteiger partial charge < -0.3 is 9.80 Å². The van der Waals surface area contributed by atoms with Crippen LogP contribution in [0.4, 0.5) is 0 Å². The molecule has 1 amide bonds. The molecule has 1 heterocycles. The van der Waals surface area contributed by atoms with Crippen molar-refractivity contribution in [3.05, 3.63) is 11.3 Å². The van der Waals surface area contributed by atoms with E-state index in [1.165, 1.54) is 5.70 Å². The van der Waals surface area contributed by atoms with Gasteiger partial charge in [-0.25, -0.2) is 0 Å². The van der Waals surface area contributed by atoms with Crippen molar-refractivity contribution in [1.82, 2.24) is 9.80 Å². The zero-order chi connectivity index (χ0) is 15.1. The van der Waals surface area contributed by atoms with Gasteiger partial charge in [0.2, 0.25) is 0 Å². The molecule has 0 saturated carbocycles. The first-order valence-electron chi connectivity index (χ1n) is 7.35. The van der Waals surface area contributed by atoms with Gasteiger partial charge in [-0.15, -0.1) is 0 Å². The van der Waals surface area contributed by atoms with Gasteiger partial charge in [0, 0.05) is 24.4 Å². The van der Waals surface area contributed by atoms with Crippen LogP contribution in [0.25, 0.3) is 0 Å². The van der Waals surface area contributed by atoms with Gasteiger partial charge in [-0.05, 0) is 39.5 Å². The summed E-state index contributed by atoms with van der Waals surface area (Å²) in [6.07, 6.45) is 0. The first-order chi connectivity index (χ1) is 8.53. The smallest absolute Gasteiger partial charge is 0.253 e. The number of carbonyl (C=O) groups is 1. The molecule has 0 atom stereocenters. The van der Waals surface area contributed by atoms with Crippen LogP contribution in [0.2, 0.25) is 0 Å². The Balaban J connectivity index is 3.59. The minimum atomic E-state index is -0.275. The van der Waals surface area contributed by atoms with E-state index in [0.717, 1.165) is 5.57 Å². The second-order valence-electron chi connectivity index (χ2n) is 6.93. The highest BCUT2D eigenvalue weighted by molar-refractivity contribution is 5.96. The van der Waals surface area contributed by atoms with Crippen molar-refractivity contribution in [2.24, 2.45) is 11.8 Å². The second kappa shape index (κ2) is 5.18. The van der Waals surface area contributed by atoms with Crippen molar-refractivity contribution < 1.29 is 4.79 Å². The van der Waals surface area contributed by atoms with E-state index >= 15 is 0 Å². The van der Waals surface area contributed by atoms with E-state index in [9.17, 15) is 4.79 Å². The summed E-state index contributed by atoms with van der Waals surface area (Å²) in [6.45, 7) is 17.2. The van der Waals surface area contributed by atoms with Gasteiger partial charge in [-0.2, -0.15) is 0 Å². The molecular formula is C16H30N2O. The van der Waals surface area contributed by atoms with Crippen molar-refractivity contribution in [2.45, 2.75) is 67.1 Å². The zero-order valence-electron chi connectivity index (χ0n) is 14.0. The molecule has 3 heteroatoms. The third-order valence-corrected chi connectivity index (χ3v) is 4.12. The van der Waals surface area contributed by atoms with Gasteiger partial charge in [0.15, 0.2) is 0 Å². The summed E-state index contributed by atoms with van der Waals surface area (Å²) in [6, 6.07) is 0.372. The molecule has 0 saturated heterocycles. The van der Waals surface area contributed by atoms with E-state index in [2.05, 4.69) is 60.3 Å². The molecule has 1 aliphatic heterocycles. The Morgan fingerprint density at radius 2 is 1.42 bits per heavy atom. The minimum Gasteiger partial charge on any atom is -0.349 e. The maximum Gasteiger partial charge on any atom is 0.253 e. The largest absolute Gasteiger partial charge is 0.349 e. The van der Waals surface area contributed by atoms with Crippen LogP contribution in [-0.4, -0.2) is 34.5 Å². The number of amides is 1. The lowest BCUT2D eigenvalue weighted by molar-refractivity contribution is -0.142. The van der Waals surface area contributed by atoms with Gasteiger partial charge >= 0.3 is 0 Å². The third-order valence-electron chi connectivity index (χ3n) is 4.12. The van der Waals surface area contributed by atoms with Crippen molar-refractivity contribution in [1.29, 1.82) is 0 Å². The average molecular weight is 266 g/mol. The molecule has 0 unspecified atom stereocenters. The van der Waals surface area contributed by atoms with Gasteiger partial charge in [0.05, 0.1) is 0 Å². The van der Waals surface area contributed by atoms with E-state index in [-0.39, 0.29) is 17.5 Å². The molecule has 0 aromatic heterocycles. The van der Waals surface area contributed by atoms with E-state index in [4.69, 9.17) is 0 Å². The van der Waals surface area contributed by atoms with E-state index in [0.29, 0.717) is 12.0 Å². The molecule has 0 aromatic rings. The standard InChI is InChI=1S/C16H30N2O/c1-10(2)13-14(11(3)4)18(12(5)6)16(7,8)17(9)15(13)19/h10-12H,1-9H3. The van der Waals surface area contributed by atoms with Crippen molar-refractivity contribution in [3.63, 3.8) is 0 Å². The number of carbonyl (C=O) groups excluding carboxylic acids is 1.